The van der Waals surface area contributed by atoms with E-state index in [0.717, 1.165) is 12.2 Å². The second-order valence-corrected chi connectivity index (χ2v) is 4.33. The molecule has 1 atom stereocenters. The Kier molecular flexibility index (Phi) is 2.12. The highest BCUT2D eigenvalue weighted by Crippen LogP contribution is 2.47. The van der Waals surface area contributed by atoms with Crippen LogP contribution in [-0.4, -0.2) is 16.0 Å². The number of aromatic amines is 1. The average Bonchev–Trinajstić information content (AvgIpc) is 2.70. The molecule has 0 saturated heterocycles. The van der Waals surface area contributed by atoms with Crippen molar-refractivity contribution in [3.63, 3.8) is 0 Å². The largest absolute Gasteiger partial charge is 0.347 e. The van der Waals surface area contributed by atoms with Gasteiger partial charge in [0.25, 0.3) is 0 Å². The molecule has 1 aliphatic carbocycles. The highest BCUT2D eigenvalue weighted by atomic mass is 15.0. The summed E-state index contributed by atoms with van der Waals surface area (Å²) in [6.45, 7) is 5.51. The topological polar surface area (TPSA) is 40.7 Å². The zero-order valence-corrected chi connectivity index (χ0v) is 8.30. The van der Waals surface area contributed by atoms with Crippen molar-refractivity contribution in [1.29, 1.82) is 0 Å². The minimum absolute atomic E-state index is 0.556. The van der Waals surface area contributed by atoms with Gasteiger partial charge in [-0.1, -0.05) is 6.92 Å². The molecule has 2 rings (SSSR count). The highest BCUT2D eigenvalue weighted by molar-refractivity contribution is 4.99. The van der Waals surface area contributed by atoms with E-state index in [2.05, 4.69) is 29.1 Å². The third-order valence-electron chi connectivity index (χ3n) is 3.24. The number of rotatable bonds is 4. The normalized spacial score (nSPS) is 21.4. The van der Waals surface area contributed by atoms with E-state index in [1.54, 1.807) is 6.33 Å². The second-order valence-electron chi connectivity index (χ2n) is 4.33. The summed E-state index contributed by atoms with van der Waals surface area (Å²) in [4.78, 5) is 7.07. The first-order valence-electron chi connectivity index (χ1n) is 4.91. The van der Waals surface area contributed by atoms with Gasteiger partial charge in [-0.25, -0.2) is 4.98 Å². The predicted octanol–water partition coefficient (Wildman–Crippen LogP) is 1.69. The monoisotopic (exact) mass is 179 g/mol. The van der Waals surface area contributed by atoms with E-state index >= 15 is 0 Å². The molecule has 1 aliphatic rings. The van der Waals surface area contributed by atoms with Gasteiger partial charge in [-0.3, -0.25) is 0 Å². The maximum absolute atomic E-state index is 3.98. The average molecular weight is 179 g/mol. The lowest BCUT2D eigenvalue weighted by Crippen LogP contribution is -2.32. The van der Waals surface area contributed by atoms with Gasteiger partial charge in [-0.15, -0.1) is 0 Å². The maximum Gasteiger partial charge on any atom is 0.0922 e. The van der Waals surface area contributed by atoms with Gasteiger partial charge in [0.05, 0.1) is 6.33 Å². The number of imidazole rings is 1. The lowest BCUT2D eigenvalue weighted by molar-refractivity contribution is 0.378. The van der Waals surface area contributed by atoms with Gasteiger partial charge < -0.3 is 10.3 Å². The summed E-state index contributed by atoms with van der Waals surface area (Å²) in [5, 5.41) is 3.52. The molecule has 1 heterocycles. The van der Waals surface area contributed by atoms with E-state index in [1.165, 1.54) is 12.8 Å². The van der Waals surface area contributed by atoms with Crippen LogP contribution in [-0.2, 0) is 6.54 Å². The van der Waals surface area contributed by atoms with Crippen molar-refractivity contribution in [2.24, 2.45) is 5.41 Å². The summed E-state index contributed by atoms with van der Waals surface area (Å²) in [5.74, 6) is 0. The lowest BCUT2D eigenvalue weighted by atomic mass is 10.0. The summed E-state index contributed by atoms with van der Waals surface area (Å²) in [6, 6.07) is 0.607. The number of nitrogens with zero attached hydrogens (tertiary/aromatic N) is 1. The van der Waals surface area contributed by atoms with E-state index in [-0.39, 0.29) is 0 Å². The molecule has 0 radical (unpaired) electrons. The van der Waals surface area contributed by atoms with Crippen LogP contribution in [0, 0.1) is 5.41 Å². The maximum atomic E-state index is 3.98. The van der Waals surface area contributed by atoms with Crippen LogP contribution in [0.25, 0.3) is 0 Å². The number of hydrogen-bond acceptors (Lipinski definition) is 2. The Hall–Kier alpha value is -0.830. The zero-order valence-electron chi connectivity index (χ0n) is 8.30. The summed E-state index contributed by atoms with van der Waals surface area (Å²) < 4.78 is 0. The fourth-order valence-electron chi connectivity index (χ4n) is 1.52. The van der Waals surface area contributed by atoms with Crippen LogP contribution in [0.5, 0.6) is 0 Å². The van der Waals surface area contributed by atoms with Gasteiger partial charge in [-0.2, -0.15) is 0 Å². The Morgan fingerprint density at radius 1 is 1.69 bits per heavy atom. The SMILES string of the molecule is CC(NCc1cnc[nH]1)C1(C)CC1. The molecule has 0 spiro atoms. The molecule has 0 amide bonds. The lowest BCUT2D eigenvalue weighted by Gasteiger charge is -2.19. The van der Waals surface area contributed by atoms with Crippen molar-refractivity contribution in [3.8, 4) is 0 Å². The zero-order chi connectivity index (χ0) is 9.31. The molecule has 3 heteroatoms. The van der Waals surface area contributed by atoms with Crippen LogP contribution in [0.1, 0.15) is 32.4 Å². The molecule has 0 bridgehead atoms. The molecule has 2 N–H and O–H groups in total. The Balaban J connectivity index is 1.79. The van der Waals surface area contributed by atoms with Gasteiger partial charge in [0.2, 0.25) is 0 Å². The third-order valence-corrected chi connectivity index (χ3v) is 3.24. The van der Waals surface area contributed by atoms with Crippen LogP contribution in [0.4, 0.5) is 0 Å². The van der Waals surface area contributed by atoms with Crippen molar-refractivity contribution >= 4 is 0 Å². The highest BCUT2D eigenvalue weighted by Gasteiger charge is 2.42. The molecule has 13 heavy (non-hydrogen) atoms. The van der Waals surface area contributed by atoms with Crippen molar-refractivity contribution in [3.05, 3.63) is 18.2 Å². The first kappa shape index (κ1) is 8.75. The molecule has 1 aromatic rings. The van der Waals surface area contributed by atoms with E-state index < -0.39 is 0 Å². The van der Waals surface area contributed by atoms with Crippen LogP contribution < -0.4 is 5.32 Å². The van der Waals surface area contributed by atoms with Gasteiger partial charge in [-0.05, 0) is 25.2 Å². The number of nitrogens with one attached hydrogen (secondary N) is 2. The quantitative estimate of drug-likeness (QED) is 0.738. The minimum Gasteiger partial charge on any atom is -0.347 e. The Morgan fingerprint density at radius 2 is 2.46 bits per heavy atom. The third kappa shape index (κ3) is 1.91. The minimum atomic E-state index is 0.556. The Morgan fingerprint density at radius 3 is 3.00 bits per heavy atom. The molecule has 1 unspecified atom stereocenters. The van der Waals surface area contributed by atoms with Crippen molar-refractivity contribution < 1.29 is 0 Å². The second kappa shape index (κ2) is 3.14. The van der Waals surface area contributed by atoms with Crippen molar-refractivity contribution in [1.82, 2.24) is 15.3 Å². The standard InChI is InChI=1S/C10H17N3/c1-8(10(2)3-4-10)12-6-9-5-11-7-13-9/h5,7-8,12H,3-4,6H2,1-2H3,(H,11,13). The smallest absolute Gasteiger partial charge is 0.0922 e. The fraction of sp³-hybridized carbons (Fsp3) is 0.700. The number of hydrogen-bond donors (Lipinski definition) is 2. The van der Waals surface area contributed by atoms with E-state index in [1.807, 2.05) is 6.20 Å². The Labute approximate surface area is 79.0 Å². The van der Waals surface area contributed by atoms with Crippen molar-refractivity contribution in [2.75, 3.05) is 0 Å². The molecule has 72 valence electrons. The van der Waals surface area contributed by atoms with Crippen LogP contribution in [0.3, 0.4) is 0 Å². The van der Waals surface area contributed by atoms with E-state index in [0.29, 0.717) is 11.5 Å². The molecular weight excluding hydrogens is 162 g/mol. The Bertz CT molecular complexity index is 262. The summed E-state index contributed by atoms with van der Waals surface area (Å²) in [6.07, 6.45) is 6.32. The molecule has 3 nitrogen and oxygen atoms in total. The summed E-state index contributed by atoms with van der Waals surface area (Å²) in [5.41, 5.74) is 1.72. The van der Waals surface area contributed by atoms with Crippen LogP contribution >= 0.6 is 0 Å². The fourth-order valence-corrected chi connectivity index (χ4v) is 1.52. The van der Waals surface area contributed by atoms with Crippen molar-refractivity contribution in [2.45, 2.75) is 39.3 Å². The molecule has 1 fully saturated rings. The summed E-state index contributed by atoms with van der Waals surface area (Å²) >= 11 is 0. The van der Waals surface area contributed by atoms with Crippen LogP contribution in [0.15, 0.2) is 12.5 Å². The number of aromatic nitrogens is 2. The predicted molar refractivity (Wildman–Crippen MR) is 52.2 cm³/mol. The van der Waals surface area contributed by atoms with Gasteiger partial charge in [0, 0.05) is 24.5 Å². The van der Waals surface area contributed by atoms with E-state index in [9.17, 15) is 0 Å². The first-order chi connectivity index (χ1) is 6.21. The molecular formula is C10H17N3. The van der Waals surface area contributed by atoms with Gasteiger partial charge >= 0.3 is 0 Å². The first-order valence-corrected chi connectivity index (χ1v) is 4.91. The van der Waals surface area contributed by atoms with Gasteiger partial charge in [0.15, 0.2) is 0 Å². The van der Waals surface area contributed by atoms with E-state index in [4.69, 9.17) is 0 Å². The molecule has 0 aliphatic heterocycles. The van der Waals surface area contributed by atoms with Gasteiger partial charge in [0.1, 0.15) is 0 Å². The molecule has 1 saturated carbocycles. The summed E-state index contributed by atoms with van der Waals surface area (Å²) in [7, 11) is 0. The molecule has 1 aromatic heterocycles. The molecule has 0 aromatic carbocycles. The van der Waals surface area contributed by atoms with Crippen LogP contribution in [0.2, 0.25) is 0 Å². The number of H-pyrrole nitrogens is 1.